The van der Waals surface area contributed by atoms with Gasteiger partial charge < -0.3 is 4.57 Å². The Morgan fingerprint density at radius 2 is 2.00 bits per heavy atom. The third kappa shape index (κ3) is 1.93. The number of fused-ring (bicyclic) bond motifs is 1. The van der Waals surface area contributed by atoms with Crippen LogP contribution in [0.4, 0.5) is 0 Å². The van der Waals surface area contributed by atoms with Gasteiger partial charge in [0, 0.05) is 13.6 Å². The topological polar surface area (TPSA) is 34.0 Å². The van der Waals surface area contributed by atoms with E-state index in [1.165, 1.54) is 37.8 Å². The van der Waals surface area contributed by atoms with Crippen molar-refractivity contribution >= 4 is 0 Å². The second-order valence-corrected chi connectivity index (χ2v) is 6.84. The summed E-state index contributed by atoms with van der Waals surface area (Å²) < 4.78 is 2.12. The zero-order chi connectivity index (χ0) is 15.2. The van der Waals surface area contributed by atoms with Crippen LogP contribution in [-0.4, -0.2) is 26.2 Å². The van der Waals surface area contributed by atoms with Crippen LogP contribution in [0.15, 0.2) is 30.3 Å². The van der Waals surface area contributed by atoms with Gasteiger partial charge in [0.05, 0.1) is 12.1 Å². The number of aromatic nitrogens is 3. The van der Waals surface area contributed by atoms with E-state index in [1.807, 2.05) is 6.92 Å². The molecular formula is C18H24N4. The molecule has 4 nitrogen and oxygen atoms in total. The predicted octanol–water partition coefficient (Wildman–Crippen LogP) is 3.02. The number of aryl methyl sites for hydroxylation is 1. The average Bonchev–Trinajstić information content (AvgIpc) is 2.85. The van der Waals surface area contributed by atoms with Gasteiger partial charge in [-0.1, -0.05) is 43.2 Å². The largest absolute Gasteiger partial charge is 0.317 e. The molecule has 22 heavy (non-hydrogen) atoms. The molecule has 2 fully saturated rings. The molecule has 0 radical (unpaired) electrons. The molecule has 2 unspecified atom stereocenters. The molecule has 2 heterocycles. The van der Waals surface area contributed by atoms with Crippen LogP contribution in [0, 0.1) is 12.8 Å². The summed E-state index contributed by atoms with van der Waals surface area (Å²) in [6.45, 7) is 4.12. The molecular weight excluding hydrogens is 272 g/mol. The molecule has 0 spiro atoms. The minimum atomic E-state index is 0.235. The molecule has 1 aliphatic heterocycles. The highest BCUT2D eigenvalue weighted by Crippen LogP contribution is 2.54. The summed E-state index contributed by atoms with van der Waals surface area (Å²) in [6.07, 6.45) is 5.36. The fourth-order valence-electron chi connectivity index (χ4n) is 4.46. The number of hydrogen-bond donors (Lipinski definition) is 0. The third-order valence-electron chi connectivity index (χ3n) is 5.83. The monoisotopic (exact) mass is 296 g/mol. The summed E-state index contributed by atoms with van der Waals surface area (Å²) in [5.74, 6) is 2.87. The second-order valence-electron chi connectivity index (χ2n) is 6.84. The summed E-state index contributed by atoms with van der Waals surface area (Å²) in [5.41, 5.74) is 1.73. The van der Waals surface area contributed by atoms with Gasteiger partial charge in [-0.3, -0.25) is 4.90 Å². The van der Waals surface area contributed by atoms with Gasteiger partial charge in [-0.15, -0.1) is 10.2 Å². The summed E-state index contributed by atoms with van der Waals surface area (Å²) in [4.78, 5) is 2.63. The van der Waals surface area contributed by atoms with Crippen LogP contribution >= 0.6 is 0 Å². The van der Waals surface area contributed by atoms with Gasteiger partial charge >= 0.3 is 0 Å². The predicted molar refractivity (Wildman–Crippen MR) is 86.2 cm³/mol. The first-order valence-corrected chi connectivity index (χ1v) is 8.37. The van der Waals surface area contributed by atoms with Crippen LogP contribution < -0.4 is 0 Å². The Balaban J connectivity index is 1.67. The van der Waals surface area contributed by atoms with Crippen LogP contribution in [0.3, 0.4) is 0 Å². The van der Waals surface area contributed by atoms with Crippen molar-refractivity contribution in [3.8, 4) is 0 Å². The lowest BCUT2D eigenvalue weighted by Gasteiger charge is -2.61. The van der Waals surface area contributed by atoms with Crippen LogP contribution in [0.2, 0.25) is 0 Å². The number of rotatable bonds is 3. The van der Waals surface area contributed by atoms with E-state index in [0.717, 1.165) is 24.1 Å². The zero-order valence-electron chi connectivity index (χ0n) is 13.5. The van der Waals surface area contributed by atoms with Crippen molar-refractivity contribution < 1.29 is 0 Å². The third-order valence-corrected chi connectivity index (χ3v) is 5.83. The van der Waals surface area contributed by atoms with E-state index in [2.05, 4.69) is 57.0 Å². The zero-order valence-corrected chi connectivity index (χ0v) is 13.5. The molecule has 2 aliphatic rings. The Kier molecular flexibility index (Phi) is 3.30. The fourth-order valence-corrected chi connectivity index (χ4v) is 4.46. The Morgan fingerprint density at radius 1 is 1.18 bits per heavy atom. The van der Waals surface area contributed by atoms with E-state index in [4.69, 9.17) is 0 Å². The van der Waals surface area contributed by atoms with Gasteiger partial charge in [0.25, 0.3) is 0 Å². The highest BCUT2D eigenvalue weighted by Gasteiger charge is 2.54. The molecule has 0 bridgehead atoms. The highest BCUT2D eigenvalue weighted by atomic mass is 15.3. The van der Waals surface area contributed by atoms with Crippen LogP contribution in [0.25, 0.3) is 0 Å². The maximum absolute atomic E-state index is 4.37. The lowest BCUT2D eigenvalue weighted by molar-refractivity contribution is -0.122. The molecule has 0 amide bonds. The molecule has 1 saturated carbocycles. The van der Waals surface area contributed by atoms with Crippen molar-refractivity contribution in [1.29, 1.82) is 0 Å². The van der Waals surface area contributed by atoms with Crippen LogP contribution in [-0.2, 0) is 19.1 Å². The first-order chi connectivity index (χ1) is 10.7. The van der Waals surface area contributed by atoms with E-state index < -0.39 is 0 Å². The van der Waals surface area contributed by atoms with Gasteiger partial charge in [0.15, 0.2) is 0 Å². The number of likely N-dealkylation sites (tertiary alicyclic amines) is 1. The van der Waals surface area contributed by atoms with E-state index in [9.17, 15) is 0 Å². The second kappa shape index (κ2) is 5.20. The van der Waals surface area contributed by atoms with Gasteiger partial charge in [-0.2, -0.15) is 0 Å². The smallest absolute Gasteiger partial charge is 0.146 e. The summed E-state index contributed by atoms with van der Waals surface area (Å²) in [7, 11) is 2.07. The number of hydrogen-bond acceptors (Lipinski definition) is 3. The molecule has 2 atom stereocenters. The van der Waals surface area contributed by atoms with Crippen molar-refractivity contribution in [2.24, 2.45) is 13.0 Å². The minimum absolute atomic E-state index is 0.235. The standard InChI is InChI=1S/C18H24N4/c1-14-19-20-17(21(14)2)13-22-12-16-10-6-7-11-18(16,22)15-8-4-3-5-9-15/h3-5,8-9,16H,6-7,10-13H2,1-2H3. The van der Waals surface area contributed by atoms with Gasteiger partial charge in [0.1, 0.15) is 11.6 Å². The van der Waals surface area contributed by atoms with E-state index >= 15 is 0 Å². The maximum atomic E-state index is 4.37. The molecule has 1 aliphatic carbocycles. The Morgan fingerprint density at radius 3 is 2.68 bits per heavy atom. The molecule has 1 aromatic carbocycles. The van der Waals surface area contributed by atoms with E-state index in [-0.39, 0.29) is 5.54 Å². The van der Waals surface area contributed by atoms with Crippen molar-refractivity contribution in [3.05, 3.63) is 47.5 Å². The molecule has 2 aromatic rings. The normalized spacial score (nSPS) is 28.2. The van der Waals surface area contributed by atoms with E-state index in [1.54, 1.807) is 0 Å². The molecule has 1 aromatic heterocycles. The summed E-state index contributed by atoms with van der Waals surface area (Å²) in [6, 6.07) is 11.1. The molecule has 4 rings (SSSR count). The SMILES string of the molecule is Cc1nnc(CN2CC3CCCCC32c2ccccc2)n1C. The van der Waals surface area contributed by atoms with Gasteiger partial charge in [-0.25, -0.2) is 0 Å². The molecule has 1 saturated heterocycles. The van der Waals surface area contributed by atoms with Crippen molar-refractivity contribution in [2.75, 3.05) is 6.54 Å². The minimum Gasteiger partial charge on any atom is -0.317 e. The lowest BCUT2D eigenvalue weighted by atomic mass is 9.62. The lowest BCUT2D eigenvalue weighted by Crippen LogP contribution is -2.65. The Labute approximate surface area is 132 Å². The van der Waals surface area contributed by atoms with Crippen molar-refractivity contribution in [3.63, 3.8) is 0 Å². The Hall–Kier alpha value is -1.68. The first-order valence-electron chi connectivity index (χ1n) is 8.37. The molecule has 4 heteroatoms. The highest BCUT2D eigenvalue weighted by molar-refractivity contribution is 5.30. The van der Waals surface area contributed by atoms with E-state index in [0.29, 0.717) is 0 Å². The van der Waals surface area contributed by atoms with Gasteiger partial charge in [0.2, 0.25) is 0 Å². The van der Waals surface area contributed by atoms with Crippen LogP contribution in [0.5, 0.6) is 0 Å². The maximum Gasteiger partial charge on any atom is 0.146 e. The molecule has 116 valence electrons. The van der Waals surface area contributed by atoms with Crippen molar-refractivity contribution in [1.82, 2.24) is 19.7 Å². The van der Waals surface area contributed by atoms with Crippen molar-refractivity contribution in [2.45, 2.75) is 44.7 Å². The summed E-state index contributed by atoms with van der Waals surface area (Å²) >= 11 is 0. The Bertz CT molecular complexity index is 663. The van der Waals surface area contributed by atoms with Crippen LogP contribution in [0.1, 0.15) is 42.9 Å². The average molecular weight is 296 g/mol. The summed E-state index contributed by atoms with van der Waals surface area (Å²) in [5, 5.41) is 8.58. The number of benzene rings is 1. The number of nitrogens with zero attached hydrogens (tertiary/aromatic N) is 4. The first kappa shape index (κ1) is 13.9. The fraction of sp³-hybridized carbons (Fsp3) is 0.556. The van der Waals surface area contributed by atoms with Gasteiger partial charge in [-0.05, 0) is 31.2 Å². The molecule has 0 N–H and O–H groups in total. The quantitative estimate of drug-likeness (QED) is 0.873.